The van der Waals surface area contributed by atoms with Gasteiger partial charge in [0.1, 0.15) is 0 Å². The highest BCUT2D eigenvalue weighted by molar-refractivity contribution is 5.97. The van der Waals surface area contributed by atoms with Gasteiger partial charge < -0.3 is 16.3 Å². The minimum atomic E-state index is 0.157. The molecule has 0 atom stereocenters. The van der Waals surface area contributed by atoms with E-state index in [2.05, 4.69) is 17.4 Å². The molecule has 0 radical (unpaired) electrons. The Balaban J connectivity index is 1.92. The van der Waals surface area contributed by atoms with E-state index in [0.29, 0.717) is 6.04 Å². The zero-order chi connectivity index (χ0) is 12.3. The second-order valence-corrected chi connectivity index (χ2v) is 4.84. The van der Waals surface area contributed by atoms with E-state index in [-0.39, 0.29) is 5.84 Å². The number of nitrogens with one attached hydrogen (secondary N) is 1. The van der Waals surface area contributed by atoms with Crippen molar-refractivity contribution in [1.82, 2.24) is 5.32 Å². The summed E-state index contributed by atoms with van der Waals surface area (Å²) in [6.45, 7) is 3.11. The van der Waals surface area contributed by atoms with Crippen LogP contribution in [-0.4, -0.2) is 17.1 Å². The van der Waals surface area contributed by atoms with Gasteiger partial charge in [-0.1, -0.05) is 30.3 Å². The van der Waals surface area contributed by atoms with Crippen LogP contribution in [-0.2, 0) is 6.54 Å². The molecule has 1 aromatic carbocycles. The number of hydrogen-bond donors (Lipinski definition) is 3. The summed E-state index contributed by atoms with van der Waals surface area (Å²) < 4.78 is 0. The maximum Gasteiger partial charge on any atom is 0.170 e. The van der Waals surface area contributed by atoms with Gasteiger partial charge in [-0.25, -0.2) is 0 Å². The van der Waals surface area contributed by atoms with Crippen LogP contribution in [0.15, 0.2) is 29.4 Å². The predicted molar refractivity (Wildman–Crippen MR) is 68.0 cm³/mol. The van der Waals surface area contributed by atoms with Crippen LogP contribution < -0.4 is 11.1 Å². The lowest BCUT2D eigenvalue weighted by atomic mass is 9.82. The first kappa shape index (κ1) is 11.9. The summed E-state index contributed by atoms with van der Waals surface area (Å²) in [7, 11) is 0. The summed E-state index contributed by atoms with van der Waals surface area (Å²) in [5.41, 5.74) is 7.47. The molecular weight excluding hydrogens is 214 g/mol. The Morgan fingerprint density at radius 2 is 2.29 bits per heavy atom. The third-order valence-corrected chi connectivity index (χ3v) is 3.30. The zero-order valence-electron chi connectivity index (χ0n) is 10.1. The molecular formula is C13H19N3O. The minimum Gasteiger partial charge on any atom is -0.409 e. The van der Waals surface area contributed by atoms with E-state index >= 15 is 0 Å². The van der Waals surface area contributed by atoms with E-state index in [0.717, 1.165) is 23.6 Å². The van der Waals surface area contributed by atoms with Crippen molar-refractivity contribution in [1.29, 1.82) is 0 Å². The first-order valence-electron chi connectivity index (χ1n) is 5.99. The molecule has 2 rings (SSSR count). The summed E-state index contributed by atoms with van der Waals surface area (Å²) in [6.07, 6.45) is 2.53. The quantitative estimate of drug-likeness (QED) is 0.320. The summed E-state index contributed by atoms with van der Waals surface area (Å²) in [6, 6.07) is 8.41. The molecule has 92 valence electrons. The monoisotopic (exact) mass is 233 g/mol. The van der Waals surface area contributed by atoms with Crippen LogP contribution in [0.2, 0.25) is 0 Å². The maximum absolute atomic E-state index is 8.62. The number of benzene rings is 1. The number of amidine groups is 1. The normalized spacial score (nSPS) is 24.4. The summed E-state index contributed by atoms with van der Waals surface area (Å²) in [5.74, 6) is 1.01. The molecule has 0 spiro atoms. The molecule has 1 aromatic rings. The molecule has 1 aliphatic carbocycles. The van der Waals surface area contributed by atoms with E-state index in [4.69, 9.17) is 10.9 Å². The Kier molecular flexibility index (Phi) is 3.64. The van der Waals surface area contributed by atoms with Crippen LogP contribution in [0.4, 0.5) is 0 Å². The van der Waals surface area contributed by atoms with E-state index in [1.54, 1.807) is 0 Å². The third-order valence-electron chi connectivity index (χ3n) is 3.30. The fraction of sp³-hybridized carbons (Fsp3) is 0.462. The zero-order valence-corrected chi connectivity index (χ0v) is 10.1. The molecule has 1 saturated carbocycles. The van der Waals surface area contributed by atoms with Gasteiger partial charge in [0.2, 0.25) is 0 Å². The van der Waals surface area contributed by atoms with Crippen LogP contribution in [0.1, 0.15) is 30.9 Å². The Morgan fingerprint density at radius 1 is 1.53 bits per heavy atom. The molecule has 1 fully saturated rings. The Hall–Kier alpha value is -1.55. The van der Waals surface area contributed by atoms with Crippen molar-refractivity contribution < 1.29 is 5.21 Å². The van der Waals surface area contributed by atoms with Crippen LogP contribution >= 0.6 is 0 Å². The largest absolute Gasteiger partial charge is 0.409 e. The second kappa shape index (κ2) is 5.19. The average Bonchev–Trinajstić information content (AvgIpc) is 2.32. The molecule has 0 aromatic heterocycles. The van der Waals surface area contributed by atoms with E-state index < -0.39 is 0 Å². The number of nitrogens with two attached hydrogens (primary N) is 1. The van der Waals surface area contributed by atoms with Gasteiger partial charge in [-0.15, -0.1) is 0 Å². The van der Waals surface area contributed by atoms with Gasteiger partial charge >= 0.3 is 0 Å². The van der Waals surface area contributed by atoms with Crippen LogP contribution in [0, 0.1) is 5.92 Å². The lowest BCUT2D eigenvalue weighted by Gasteiger charge is -2.33. The molecule has 0 heterocycles. The Morgan fingerprint density at radius 3 is 2.94 bits per heavy atom. The molecule has 4 heteroatoms. The topological polar surface area (TPSA) is 70.6 Å². The van der Waals surface area contributed by atoms with Crippen molar-refractivity contribution in [2.24, 2.45) is 16.8 Å². The van der Waals surface area contributed by atoms with Gasteiger partial charge in [-0.3, -0.25) is 0 Å². The van der Waals surface area contributed by atoms with E-state index in [9.17, 15) is 0 Å². The summed E-state index contributed by atoms with van der Waals surface area (Å²) in [4.78, 5) is 0. The third kappa shape index (κ3) is 2.97. The van der Waals surface area contributed by atoms with E-state index in [1.165, 1.54) is 12.8 Å². The molecule has 0 unspecified atom stereocenters. The van der Waals surface area contributed by atoms with Gasteiger partial charge in [-0.2, -0.15) is 0 Å². The van der Waals surface area contributed by atoms with Crippen molar-refractivity contribution in [3.05, 3.63) is 35.4 Å². The standard InChI is InChI=1S/C13H19N3O/c1-9-5-12(6-9)15-8-10-3-2-4-11(7-10)13(14)16-17/h2-4,7,9,12,15,17H,5-6,8H2,1H3,(H2,14,16). The van der Waals surface area contributed by atoms with Gasteiger partial charge in [0.15, 0.2) is 5.84 Å². The van der Waals surface area contributed by atoms with Crippen molar-refractivity contribution >= 4 is 5.84 Å². The average molecular weight is 233 g/mol. The molecule has 0 amide bonds. The number of oxime groups is 1. The number of nitrogens with zero attached hydrogens (tertiary/aromatic N) is 1. The SMILES string of the molecule is CC1CC(NCc2cccc(/C(N)=N/O)c2)C1. The lowest BCUT2D eigenvalue weighted by Crippen LogP contribution is -2.39. The highest BCUT2D eigenvalue weighted by Crippen LogP contribution is 2.26. The highest BCUT2D eigenvalue weighted by Gasteiger charge is 2.24. The molecule has 0 bridgehead atoms. The predicted octanol–water partition coefficient (Wildman–Crippen LogP) is 1.67. The minimum absolute atomic E-state index is 0.157. The maximum atomic E-state index is 8.62. The van der Waals surface area contributed by atoms with Gasteiger partial charge in [0.05, 0.1) is 0 Å². The summed E-state index contributed by atoms with van der Waals surface area (Å²) in [5, 5.41) is 15.1. The van der Waals surface area contributed by atoms with E-state index in [1.807, 2.05) is 24.3 Å². The van der Waals surface area contributed by atoms with Gasteiger partial charge in [0.25, 0.3) is 0 Å². The van der Waals surface area contributed by atoms with Gasteiger partial charge in [-0.05, 0) is 30.4 Å². The molecule has 0 saturated heterocycles. The molecule has 4 nitrogen and oxygen atoms in total. The fourth-order valence-electron chi connectivity index (χ4n) is 2.23. The second-order valence-electron chi connectivity index (χ2n) is 4.84. The number of rotatable bonds is 4. The molecule has 1 aliphatic rings. The van der Waals surface area contributed by atoms with Crippen molar-refractivity contribution in [3.63, 3.8) is 0 Å². The Bertz CT molecular complexity index is 411. The summed E-state index contributed by atoms with van der Waals surface area (Å²) >= 11 is 0. The fourth-order valence-corrected chi connectivity index (χ4v) is 2.23. The van der Waals surface area contributed by atoms with Crippen LogP contribution in [0.5, 0.6) is 0 Å². The van der Waals surface area contributed by atoms with Crippen LogP contribution in [0.3, 0.4) is 0 Å². The van der Waals surface area contributed by atoms with Crippen molar-refractivity contribution in [2.75, 3.05) is 0 Å². The number of hydrogen-bond acceptors (Lipinski definition) is 3. The lowest BCUT2D eigenvalue weighted by molar-refractivity contribution is 0.240. The van der Waals surface area contributed by atoms with Crippen LogP contribution in [0.25, 0.3) is 0 Å². The van der Waals surface area contributed by atoms with Gasteiger partial charge in [0, 0.05) is 18.2 Å². The first-order valence-corrected chi connectivity index (χ1v) is 5.99. The Labute approximate surface area is 102 Å². The highest BCUT2D eigenvalue weighted by atomic mass is 16.4. The van der Waals surface area contributed by atoms with Crippen molar-refractivity contribution in [2.45, 2.75) is 32.4 Å². The van der Waals surface area contributed by atoms with Crippen molar-refractivity contribution in [3.8, 4) is 0 Å². The molecule has 17 heavy (non-hydrogen) atoms. The smallest absolute Gasteiger partial charge is 0.170 e. The molecule has 0 aliphatic heterocycles. The first-order chi connectivity index (χ1) is 8.19. The molecule has 4 N–H and O–H groups in total.